The summed E-state index contributed by atoms with van der Waals surface area (Å²) in [5.41, 5.74) is 3.49. The Morgan fingerprint density at radius 1 is 0.878 bits per heavy atom. The van der Waals surface area contributed by atoms with Gasteiger partial charge < -0.3 is 19.9 Å². The maximum Gasteiger partial charge on any atom is 0.410 e. The number of aromatic nitrogens is 5. The number of nitrogens with one attached hydrogen (secondary N) is 1. The first-order valence-corrected chi connectivity index (χ1v) is 13.2. The lowest BCUT2D eigenvalue weighted by atomic mass is 10.1. The first-order chi connectivity index (χ1) is 19.5. The Hall–Kier alpha value is -4.74. The highest BCUT2D eigenvalue weighted by molar-refractivity contribution is 5.94. The third-order valence-corrected chi connectivity index (χ3v) is 6.56. The van der Waals surface area contributed by atoms with Gasteiger partial charge in [-0.3, -0.25) is 4.79 Å². The standard InChI is InChI=1S/C29H31FN8O3/c1-17-18(2)34-23-14-19(6-8-22(23)33-17)25-21(30)16-32-27(36-25)35-24-9-7-20(15-31-24)26(39)37-10-12-38(13-11-37)28(40)41-29(3,4)5/h6-9,14-16H,10-13H2,1-5H3,(H,31,32,35,36). The van der Waals surface area contributed by atoms with Gasteiger partial charge >= 0.3 is 6.09 Å². The highest BCUT2D eigenvalue weighted by Crippen LogP contribution is 2.25. The third kappa shape index (κ3) is 6.37. The quantitative estimate of drug-likeness (QED) is 0.380. The van der Waals surface area contributed by atoms with Crippen molar-refractivity contribution in [2.24, 2.45) is 0 Å². The van der Waals surface area contributed by atoms with E-state index in [1.807, 2.05) is 34.6 Å². The minimum atomic E-state index is -0.577. The number of carbonyl (C=O) groups excluding carboxylic acids is 2. The number of anilines is 2. The summed E-state index contributed by atoms with van der Waals surface area (Å²) in [6.07, 6.45) is 2.17. The molecule has 2 amide bonds. The highest BCUT2D eigenvalue weighted by Gasteiger charge is 2.28. The molecule has 4 aromatic rings. The van der Waals surface area contributed by atoms with Crippen LogP contribution in [0.15, 0.2) is 42.7 Å². The number of carbonyl (C=O) groups is 2. The van der Waals surface area contributed by atoms with Crippen molar-refractivity contribution in [3.05, 3.63) is 65.5 Å². The predicted molar refractivity (Wildman–Crippen MR) is 151 cm³/mol. The zero-order valence-electron chi connectivity index (χ0n) is 23.6. The molecule has 0 radical (unpaired) electrons. The van der Waals surface area contributed by atoms with Gasteiger partial charge in [-0.15, -0.1) is 0 Å². The van der Waals surface area contributed by atoms with Gasteiger partial charge in [0.25, 0.3) is 5.91 Å². The summed E-state index contributed by atoms with van der Waals surface area (Å²) >= 11 is 0. The molecular formula is C29H31FN8O3. The second-order valence-corrected chi connectivity index (χ2v) is 10.8. The summed E-state index contributed by atoms with van der Waals surface area (Å²) < 4.78 is 20.1. The van der Waals surface area contributed by atoms with Gasteiger partial charge in [-0.1, -0.05) is 6.07 Å². The lowest BCUT2D eigenvalue weighted by molar-refractivity contribution is 0.0141. The number of benzene rings is 1. The Morgan fingerprint density at radius 2 is 1.56 bits per heavy atom. The van der Waals surface area contributed by atoms with E-state index in [2.05, 4.69) is 30.2 Å². The van der Waals surface area contributed by atoms with Gasteiger partial charge in [0, 0.05) is 37.9 Å². The highest BCUT2D eigenvalue weighted by atomic mass is 19.1. The summed E-state index contributed by atoms with van der Waals surface area (Å²) in [5.74, 6) is -0.216. The van der Waals surface area contributed by atoms with Gasteiger partial charge in [0.2, 0.25) is 5.95 Å². The molecule has 1 N–H and O–H groups in total. The summed E-state index contributed by atoms with van der Waals surface area (Å²) in [6.45, 7) is 10.8. The largest absolute Gasteiger partial charge is 0.444 e. The molecule has 1 aliphatic heterocycles. The fourth-order valence-corrected chi connectivity index (χ4v) is 4.32. The Morgan fingerprint density at radius 3 is 2.22 bits per heavy atom. The zero-order chi connectivity index (χ0) is 29.3. The van der Waals surface area contributed by atoms with Crippen molar-refractivity contribution in [3.63, 3.8) is 0 Å². The molecule has 12 heteroatoms. The number of aryl methyl sites for hydroxylation is 2. The Labute approximate surface area is 236 Å². The van der Waals surface area contributed by atoms with E-state index < -0.39 is 11.4 Å². The van der Waals surface area contributed by atoms with Gasteiger partial charge in [0.05, 0.1) is 34.2 Å². The number of nitrogens with zero attached hydrogens (tertiary/aromatic N) is 7. The lowest BCUT2D eigenvalue weighted by Gasteiger charge is -2.35. The maximum absolute atomic E-state index is 14.7. The molecule has 4 heterocycles. The molecular weight excluding hydrogens is 527 g/mol. The first-order valence-electron chi connectivity index (χ1n) is 13.2. The van der Waals surface area contributed by atoms with E-state index in [4.69, 9.17) is 4.74 Å². The molecule has 0 saturated carbocycles. The van der Waals surface area contributed by atoms with E-state index in [9.17, 15) is 14.0 Å². The fraction of sp³-hybridized carbons (Fsp3) is 0.345. The van der Waals surface area contributed by atoms with Crippen molar-refractivity contribution in [2.75, 3.05) is 31.5 Å². The van der Waals surface area contributed by atoms with Crippen LogP contribution in [0.3, 0.4) is 0 Å². The van der Waals surface area contributed by atoms with Crippen molar-refractivity contribution in [2.45, 2.75) is 40.2 Å². The van der Waals surface area contributed by atoms with Gasteiger partial charge in [-0.2, -0.15) is 0 Å². The van der Waals surface area contributed by atoms with Crippen molar-refractivity contribution in [1.82, 2.24) is 34.7 Å². The average Bonchev–Trinajstić information content (AvgIpc) is 2.94. The smallest absolute Gasteiger partial charge is 0.410 e. The van der Waals surface area contributed by atoms with Gasteiger partial charge in [0.1, 0.15) is 17.1 Å². The van der Waals surface area contributed by atoms with Crippen LogP contribution in [-0.2, 0) is 4.74 Å². The second kappa shape index (κ2) is 11.0. The van der Waals surface area contributed by atoms with Gasteiger partial charge in [-0.25, -0.2) is 34.1 Å². The van der Waals surface area contributed by atoms with Crippen LogP contribution in [0.5, 0.6) is 0 Å². The van der Waals surface area contributed by atoms with Crippen LogP contribution >= 0.6 is 0 Å². The van der Waals surface area contributed by atoms with E-state index in [-0.39, 0.29) is 23.6 Å². The molecule has 41 heavy (non-hydrogen) atoms. The number of pyridine rings is 1. The summed E-state index contributed by atoms with van der Waals surface area (Å²) in [4.78, 5) is 50.4. The normalized spacial score (nSPS) is 13.8. The molecule has 3 aromatic heterocycles. The first kappa shape index (κ1) is 27.8. The zero-order valence-corrected chi connectivity index (χ0v) is 23.6. The molecule has 1 aromatic carbocycles. The molecule has 0 aliphatic carbocycles. The summed E-state index contributed by atoms with van der Waals surface area (Å²) in [6, 6.07) is 8.55. The lowest BCUT2D eigenvalue weighted by Crippen LogP contribution is -2.51. The molecule has 11 nitrogen and oxygen atoms in total. The number of piperazine rings is 1. The van der Waals surface area contributed by atoms with Crippen LogP contribution in [-0.4, -0.2) is 78.5 Å². The molecule has 0 unspecified atom stereocenters. The van der Waals surface area contributed by atoms with Crippen LogP contribution in [0, 0.1) is 19.7 Å². The SMILES string of the molecule is Cc1nc2ccc(-c3nc(Nc4ccc(C(=O)N5CCN(C(=O)OC(C)(C)C)CC5)cn4)ncc3F)cc2nc1C. The molecule has 5 rings (SSSR count). The minimum Gasteiger partial charge on any atom is -0.444 e. The van der Waals surface area contributed by atoms with Gasteiger partial charge in [-0.05, 0) is 58.9 Å². The average molecular weight is 559 g/mol. The third-order valence-electron chi connectivity index (χ3n) is 6.56. The number of ether oxygens (including phenoxy) is 1. The predicted octanol–water partition coefficient (Wildman–Crippen LogP) is 4.67. The van der Waals surface area contributed by atoms with E-state index in [1.165, 1.54) is 6.20 Å². The number of rotatable bonds is 4. The Balaban J connectivity index is 1.25. The van der Waals surface area contributed by atoms with Crippen molar-refractivity contribution < 1.29 is 18.7 Å². The monoisotopic (exact) mass is 558 g/mol. The molecule has 1 saturated heterocycles. The second-order valence-electron chi connectivity index (χ2n) is 10.8. The van der Waals surface area contributed by atoms with Crippen LogP contribution in [0.25, 0.3) is 22.3 Å². The number of fused-ring (bicyclic) bond motifs is 1. The number of hydrogen-bond acceptors (Lipinski definition) is 9. The summed E-state index contributed by atoms with van der Waals surface area (Å²) in [7, 11) is 0. The molecule has 212 valence electrons. The Kier molecular flexibility index (Phi) is 7.48. The summed E-state index contributed by atoms with van der Waals surface area (Å²) in [5, 5.41) is 2.97. The van der Waals surface area contributed by atoms with E-state index >= 15 is 0 Å². The van der Waals surface area contributed by atoms with E-state index in [1.54, 1.807) is 40.1 Å². The number of amides is 2. The van der Waals surface area contributed by atoms with E-state index in [0.717, 1.165) is 17.6 Å². The Bertz CT molecular complexity index is 1610. The van der Waals surface area contributed by atoms with Crippen molar-refractivity contribution in [1.29, 1.82) is 0 Å². The molecule has 1 fully saturated rings. The van der Waals surface area contributed by atoms with Gasteiger partial charge in [0.15, 0.2) is 5.82 Å². The maximum atomic E-state index is 14.7. The number of hydrogen-bond donors (Lipinski definition) is 1. The van der Waals surface area contributed by atoms with Crippen LogP contribution in [0.2, 0.25) is 0 Å². The van der Waals surface area contributed by atoms with Crippen LogP contribution in [0.1, 0.15) is 42.5 Å². The molecule has 0 spiro atoms. The molecule has 0 atom stereocenters. The molecule has 0 bridgehead atoms. The fourth-order valence-electron chi connectivity index (χ4n) is 4.32. The van der Waals surface area contributed by atoms with E-state index in [0.29, 0.717) is 54.2 Å². The molecule has 1 aliphatic rings. The van der Waals surface area contributed by atoms with Crippen molar-refractivity contribution in [3.8, 4) is 11.3 Å². The topological polar surface area (TPSA) is 126 Å². The number of halogens is 1. The minimum absolute atomic E-state index is 0.113. The van der Waals surface area contributed by atoms with Crippen LogP contribution < -0.4 is 5.32 Å². The van der Waals surface area contributed by atoms with Crippen LogP contribution in [0.4, 0.5) is 21.0 Å². The van der Waals surface area contributed by atoms with Crippen molar-refractivity contribution >= 4 is 34.8 Å².